The van der Waals surface area contributed by atoms with E-state index in [1.807, 2.05) is 6.92 Å². The molecule has 0 unspecified atom stereocenters. The van der Waals surface area contributed by atoms with Crippen LogP contribution < -0.4 is 15.8 Å². The number of anilines is 2. The molecule has 7 nitrogen and oxygen atoms in total. The van der Waals surface area contributed by atoms with E-state index in [2.05, 4.69) is 27.1 Å². The van der Waals surface area contributed by atoms with Crippen molar-refractivity contribution in [2.24, 2.45) is 5.92 Å². The first-order valence-electron chi connectivity index (χ1n) is 10.3. The third-order valence-corrected chi connectivity index (χ3v) is 7.62. The molecule has 0 spiro atoms. The van der Waals surface area contributed by atoms with Gasteiger partial charge in [0.1, 0.15) is 4.70 Å². The minimum absolute atomic E-state index is 0.0952. The second kappa shape index (κ2) is 9.58. The van der Waals surface area contributed by atoms with Gasteiger partial charge in [-0.2, -0.15) is 4.98 Å². The summed E-state index contributed by atoms with van der Waals surface area (Å²) in [7, 11) is 0. The van der Waals surface area contributed by atoms with Crippen molar-refractivity contribution in [3.8, 4) is 0 Å². The first-order valence-corrected chi connectivity index (χ1v) is 12.5. The first-order chi connectivity index (χ1) is 14.9. The molecular formula is C21H24ClN5O2S2. The minimum atomic E-state index is -0.175. The van der Waals surface area contributed by atoms with Gasteiger partial charge in [-0.05, 0) is 49.9 Å². The summed E-state index contributed by atoms with van der Waals surface area (Å²) in [6, 6.07) is 6.93. The molecule has 2 aromatic heterocycles. The Balaban J connectivity index is 1.52. The molecule has 0 saturated carbocycles. The Hall–Kier alpha value is -2.10. The number of thioether (sulfide) groups is 1. The number of carbonyl (C=O) groups is 1. The first kappa shape index (κ1) is 22.1. The Bertz CT molecular complexity index is 1140. The van der Waals surface area contributed by atoms with Gasteiger partial charge in [0.15, 0.2) is 15.9 Å². The van der Waals surface area contributed by atoms with E-state index >= 15 is 0 Å². The summed E-state index contributed by atoms with van der Waals surface area (Å²) in [5.41, 5.74) is 1.04. The summed E-state index contributed by atoms with van der Waals surface area (Å²) in [5.74, 6) is 0.690. The fraction of sp³-hybridized carbons (Fsp3) is 0.429. The molecule has 0 radical (unpaired) electrons. The molecule has 1 saturated heterocycles. The molecule has 4 rings (SSSR count). The van der Waals surface area contributed by atoms with Gasteiger partial charge in [0.25, 0.3) is 5.56 Å². The smallest absolute Gasteiger partial charge is 0.273 e. The van der Waals surface area contributed by atoms with Crippen molar-refractivity contribution < 1.29 is 4.79 Å². The van der Waals surface area contributed by atoms with Crippen LogP contribution in [0.5, 0.6) is 0 Å². The van der Waals surface area contributed by atoms with Gasteiger partial charge in [-0.3, -0.25) is 14.2 Å². The van der Waals surface area contributed by atoms with Crippen molar-refractivity contribution in [2.75, 3.05) is 29.1 Å². The van der Waals surface area contributed by atoms with Gasteiger partial charge in [-0.1, -0.05) is 41.6 Å². The fourth-order valence-electron chi connectivity index (χ4n) is 3.46. The lowest BCUT2D eigenvalue weighted by atomic mass is 10.00. The van der Waals surface area contributed by atoms with Crippen molar-refractivity contribution in [3.63, 3.8) is 0 Å². The van der Waals surface area contributed by atoms with Gasteiger partial charge in [0.05, 0.1) is 5.75 Å². The van der Waals surface area contributed by atoms with Crippen LogP contribution in [0.15, 0.2) is 34.2 Å². The highest BCUT2D eigenvalue weighted by molar-refractivity contribution is 7.99. The Morgan fingerprint density at radius 2 is 1.97 bits per heavy atom. The number of hydrogen-bond acceptors (Lipinski definition) is 7. The molecule has 1 N–H and O–H groups in total. The number of nitrogens with one attached hydrogen (secondary N) is 1. The fourth-order valence-corrected chi connectivity index (χ4v) is 5.44. The molecule has 1 amide bonds. The van der Waals surface area contributed by atoms with Gasteiger partial charge in [0, 0.05) is 30.3 Å². The van der Waals surface area contributed by atoms with E-state index < -0.39 is 0 Å². The topological polar surface area (TPSA) is 80.1 Å². The zero-order chi connectivity index (χ0) is 22.0. The maximum absolute atomic E-state index is 13.0. The Labute approximate surface area is 193 Å². The van der Waals surface area contributed by atoms with Gasteiger partial charge < -0.3 is 10.2 Å². The third kappa shape index (κ3) is 5.05. The number of carbonyl (C=O) groups excluding carboxylic acids is 1. The largest absolute Gasteiger partial charge is 0.348 e. The van der Waals surface area contributed by atoms with E-state index in [1.54, 1.807) is 28.8 Å². The average molecular weight is 478 g/mol. The van der Waals surface area contributed by atoms with Crippen molar-refractivity contribution in [2.45, 2.75) is 38.4 Å². The Morgan fingerprint density at radius 1 is 1.26 bits per heavy atom. The maximum Gasteiger partial charge on any atom is 0.273 e. The highest BCUT2D eigenvalue weighted by Gasteiger charge is 2.22. The lowest BCUT2D eigenvalue weighted by Gasteiger charge is -2.29. The molecule has 3 aromatic rings. The van der Waals surface area contributed by atoms with E-state index in [0.29, 0.717) is 32.8 Å². The molecule has 10 heteroatoms. The predicted octanol–water partition coefficient (Wildman–Crippen LogP) is 4.49. The number of fused-ring (bicyclic) bond motifs is 1. The SMILES string of the molecule is CCn1c(SCC(=O)Nc2ccc(Cl)cc2)nc2nc(N3CCC(C)CC3)sc2c1=O. The van der Waals surface area contributed by atoms with Crippen LogP contribution in [-0.4, -0.2) is 39.3 Å². The van der Waals surface area contributed by atoms with Gasteiger partial charge in [-0.25, -0.2) is 4.98 Å². The van der Waals surface area contributed by atoms with Crippen LogP contribution in [0.4, 0.5) is 10.8 Å². The number of rotatable bonds is 6. The number of amides is 1. The van der Waals surface area contributed by atoms with Gasteiger partial charge >= 0.3 is 0 Å². The second-order valence-corrected chi connectivity index (χ2v) is 9.96. The molecular weight excluding hydrogens is 454 g/mol. The van der Waals surface area contributed by atoms with E-state index in [1.165, 1.54) is 23.1 Å². The second-order valence-electron chi connectivity index (χ2n) is 7.61. The van der Waals surface area contributed by atoms with Crippen LogP contribution >= 0.6 is 34.7 Å². The molecule has 0 atom stereocenters. The van der Waals surface area contributed by atoms with Crippen LogP contribution in [0, 0.1) is 5.92 Å². The van der Waals surface area contributed by atoms with Crippen molar-refractivity contribution in [1.82, 2.24) is 14.5 Å². The van der Waals surface area contributed by atoms with Gasteiger partial charge in [-0.15, -0.1) is 0 Å². The van der Waals surface area contributed by atoms with E-state index in [0.717, 1.165) is 37.0 Å². The minimum Gasteiger partial charge on any atom is -0.348 e. The van der Waals surface area contributed by atoms with Crippen LogP contribution in [-0.2, 0) is 11.3 Å². The number of aromatic nitrogens is 3. The summed E-state index contributed by atoms with van der Waals surface area (Å²) >= 11 is 8.54. The van der Waals surface area contributed by atoms with E-state index in [4.69, 9.17) is 11.6 Å². The molecule has 1 aliphatic rings. The molecule has 1 aromatic carbocycles. The molecule has 164 valence electrons. The molecule has 0 aliphatic carbocycles. The predicted molar refractivity (Wildman–Crippen MR) is 129 cm³/mol. The summed E-state index contributed by atoms with van der Waals surface area (Å²) in [4.78, 5) is 36.9. The summed E-state index contributed by atoms with van der Waals surface area (Å²) < 4.78 is 2.19. The maximum atomic E-state index is 13.0. The average Bonchev–Trinajstić information content (AvgIpc) is 3.19. The highest BCUT2D eigenvalue weighted by Crippen LogP contribution is 2.30. The quantitative estimate of drug-likeness (QED) is 0.416. The van der Waals surface area contributed by atoms with Crippen molar-refractivity contribution >= 4 is 61.8 Å². The Morgan fingerprint density at radius 3 is 2.65 bits per heavy atom. The van der Waals surface area contributed by atoms with Crippen LogP contribution in [0.1, 0.15) is 26.7 Å². The number of piperidine rings is 1. The number of nitrogens with zero attached hydrogens (tertiary/aromatic N) is 4. The lowest BCUT2D eigenvalue weighted by molar-refractivity contribution is -0.113. The van der Waals surface area contributed by atoms with Crippen LogP contribution in [0.2, 0.25) is 5.02 Å². The number of hydrogen-bond donors (Lipinski definition) is 1. The number of benzene rings is 1. The number of halogens is 1. The van der Waals surface area contributed by atoms with Gasteiger partial charge in [0.2, 0.25) is 5.91 Å². The number of thiazole rings is 1. The zero-order valence-corrected chi connectivity index (χ0v) is 19.8. The monoisotopic (exact) mass is 477 g/mol. The lowest BCUT2D eigenvalue weighted by Crippen LogP contribution is -2.32. The normalized spacial score (nSPS) is 14.9. The summed E-state index contributed by atoms with van der Waals surface area (Å²) in [6.45, 7) is 6.56. The van der Waals surface area contributed by atoms with Crippen LogP contribution in [0.25, 0.3) is 10.3 Å². The molecule has 0 bridgehead atoms. The van der Waals surface area contributed by atoms with E-state index in [-0.39, 0.29) is 17.2 Å². The highest BCUT2D eigenvalue weighted by atomic mass is 35.5. The third-order valence-electron chi connectivity index (χ3n) is 5.30. The Kier molecular flexibility index (Phi) is 6.83. The molecule has 31 heavy (non-hydrogen) atoms. The van der Waals surface area contributed by atoms with E-state index in [9.17, 15) is 9.59 Å². The zero-order valence-electron chi connectivity index (χ0n) is 17.4. The van der Waals surface area contributed by atoms with Crippen molar-refractivity contribution in [1.29, 1.82) is 0 Å². The van der Waals surface area contributed by atoms with Crippen molar-refractivity contribution in [3.05, 3.63) is 39.6 Å². The standard InChI is InChI=1S/C21H24ClN5O2S2/c1-3-27-19(29)17-18(24-20(31-17)26-10-8-13(2)9-11-26)25-21(27)30-12-16(28)23-15-6-4-14(22)5-7-15/h4-7,13H,3,8-12H2,1-2H3,(H,23,28). The van der Waals surface area contributed by atoms with Crippen LogP contribution in [0.3, 0.4) is 0 Å². The molecule has 3 heterocycles. The molecule has 1 fully saturated rings. The summed E-state index contributed by atoms with van der Waals surface area (Å²) in [5, 5.41) is 4.80. The summed E-state index contributed by atoms with van der Waals surface area (Å²) in [6.07, 6.45) is 2.26. The molecule has 1 aliphatic heterocycles.